The molecule has 5 rings (SSSR count). The van der Waals surface area contributed by atoms with E-state index >= 15 is 0 Å². The van der Waals surface area contributed by atoms with Crippen LogP contribution in [0, 0.1) is 12.7 Å². The van der Waals surface area contributed by atoms with Crippen molar-refractivity contribution in [2.75, 3.05) is 39.5 Å². The van der Waals surface area contributed by atoms with Crippen LogP contribution in [0.4, 0.5) is 4.39 Å². The Morgan fingerprint density at radius 3 is 2.43 bits per heavy atom. The monoisotopic (exact) mass is 496 g/mol. The highest BCUT2D eigenvalue weighted by atomic mass is 35.5. The molecule has 0 spiro atoms. The molecule has 0 aliphatic carbocycles. The lowest BCUT2D eigenvalue weighted by molar-refractivity contribution is 0.107. The highest BCUT2D eigenvalue weighted by Crippen LogP contribution is 2.33. The van der Waals surface area contributed by atoms with E-state index in [-0.39, 0.29) is 11.9 Å². The zero-order valence-corrected chi connectivity index (χ0v) is 20.6. The summed E-state index contributed by atoms with van der Waals surface area (Å²) in [6.45, 7) is 8.10. The largest absolute Gasteiger partial charge is 0.486 e. The summed E-state index contributed by atoms with van der Waals surface area (Å²) in [6.07, 6.45) is 0.651. The van der Waals surface area contributed by atoms with Crippen LogP contribution in [0.15, 0.2) is 60.7 Å². The molecule has 0 aromatic heterocycles. The minimum absolute atomic E-state index is 0.164. The third-order valence-electron chi connectivity index (χ3n) is 6.67. The normalized spacial score (nSPS) is 16.9. The molecule has 1 unspecified atom stereocenters. The average Bonchev–Trinajstić information content (AvgIpc) is 3.33. The topological polar surface area (TPSA) is 34.2 Å². The van der Waals surface area contributed by atoms with Gasteiger partial charge in [-0.1, -0.05) is 29.8 Å². The van der Waals surface area contributed by atoms with Crippen LogP contribution < -0.4 is 14.2 Å². The fourth-order valence-corrected chi connectivity index (χ4v) is 4.71. The van der Waals surface area contributed by atoms with E-state index in [4.69, 9.17) is 25.8 Å². The Labute approximate surface area is 211 Å². The van der Waals surface area contributed by atoms with Gasteiger partial charge in [0.15, 0.2) is 11.5 Å². The lowest BCUT2D eigenvalue weighted by Gasteiger charge is -2.35. The van der Waals surface area contributed by atoms with Gasteiger partial charge >= 0.3 is 0 Å². The summed E-state index contributed by atoms with van der Waals surface area (Å²) in [7, 11) is 0. The van der Waals surface area contributed by atoms with Gasteiger partial charge in [-0.05, 0) is 66.1 Å². The molecule has 2 aliphatic heterocycles. The van der Waals surface area contributed by atoms with Gasteiger partial charge < -0.3 is 19.1 Å². The van der Waals surface area contributed by atoms with Crippen molar-refractivity contribution in [2.45, 2.75) is 26.0 Å². The maximum absolute atomic E-state index is 13.5. The molecule has 2 aliphatic rings. The maximum Gasteiger partial charge on any atom is 0.231 e. The van der Waals surface area contributed by atoms with E-state index in [1.54, 1.807) is 0 Å². The second-order valence-corrected chi connectivity index (χ2v) is 9.57. The molecular weight excluding hydrogens is 467 g/mol. The van der Waals surface area contributed by atoms with E-state index in [1.807, 2.05) is 43.3 Å². The summed E-state index contributed by atoms with van der Waals surface area (Å²) >= 11 is 6.18. The van der Waals surface area contributed by atoms with Crippen LogP contribution in [0.1, 0.15) is 29.2 Å². The minimum atomic E-state index is -0.242. The van der Waals surface area contributed by atoms with Crippen molar-refractivity contribution >= 4 is 11.6 Å². The minimum Gasteiger partial charge on any atom is -0.486 e. The van der Waals surface area contributed by atoms with E-state index in [9.17, 15) is 4.39 Å². The second kappa shape index (κ2) is 10.9. The Morgan fingerprint density at radius 2 is 1.66 bits per heavy atom. The summed E-state index contributed by atoms with van der Waals surface area (Å²) in [4.78, 5) is 4.95. The van der Waals surface area contributed by atoms with Crippen molar-refractivity contribution in [3.63, 3.8) is 0 Å². The SMILES string of the molecule is Cc1cc(OC(CCN2CCN(Cc3ccc4c(c3)OCO4)CC2)c2ccc(F)cc2)ccc1Cl. The van der Waals surface area contributed by atoms with E-state index in [0.29, 0.717) is 11.8 Å². The second-order valence-electron chi connectivity index (χ2n) is 9.16. The van der Waals surface area contributed by atoms with Crippen molar-refractivity contribution in [3.05, 3.63) is 88.2 Å². The number of benzene rings is 3. The molecule has 3 aromatic carbocycles. The lowest BCUT2D eigenvalue weighted by Crippen LogP contribution is -2.46. The number of fused-ring (bicyclic) bond motifs is 1. The Kier molecular flexibility index (Phi) is 7.42. The number of piperazine rings is 1. The molecule has 5 nitrogen and oxygen atoms in total. The van der Waals surface area contributed by atoms with Crippen LogP contribution in [0.2, 0.25) is 5.02 Å². The fourth-order valence-electron chi connectivity index (χ4n) is 4.59. The molecule has 0 amide bonds. The van der Waals surface area contributed by atoms with Crippen molar-refractivity contribution in [3.8, 4) is 17.2 Å². The summed E-state index contributed by atoms with van der Waals surface area (Å²) in [5.74, 6) is 2.19. The predicted molar refractivity (Wildman–Crippen MR) is 135 cm³/mol. The smallest absolute Gasteiger partial charge is 0.231 e. The summed E-state index contributed by atoms with van der Waals surface area (Å²) in [5.41, 5.74) is 3.19. The molecule has 2 heterocycles. The predicted octanol–water partition coefficient (Wildman–Crippen LogP) is 5.84. The summed E-state index contributed by atoms with van der Waals surface area (Å²) in [5, 5.41) is 0.717. The van der Waals surface area contributed by atoms with E-state index < -0.39 is 0 Å². The van der Waals surface area contributed by atoms with Gasteiger partial charge in [0.05, 0.1) is 0 Å². The number of hydrogen-bond donors (Lipinski definition) is 0. The average molecular weight is 497 g/mol. The summed E-state index contributed by atoms with van der Waals surface area (Å²) in [6, 6.07) is 18.5. The van der Waals surface area contributed by atoms with Crippen LogP contribution in [-0.2, 0) is 6.54 Å². The summed E-state index contributed by atoms with van der Waals surface area (Å²) < 4.78 is 30.8. The number of aryl methyl sites for hydroxylation is 1. The van der Waals surface area contributed by atoms with Gasteiger partial charge in [0, 0.05) is 50.7 Å². The van der Waals surface area contributed by atoms with Gasteiger partial charge in [-0.25, -0.2) is 4.39 Å². The van der Waals surface area contributed by atoms with Crippen LogP contribution in [-0.4, -0.2) is 49.3 Å². The first-order valence-electron chi connectivity index (χ1n) is 12.0. The van der Waals surface area contributed by atoms with Gasteiger partial charge in [0.2, 0.25) is 6.79 Å². The van der Waals surface area contributed by atoms with Gasteiger partial charge in [0.1, 0.15) is 17.7 Å². The first-order chi connectivity index (χ1) is 17.0. The van der Waals surface area contributed by atoms with Gasteiger partial charge in [-0.15, -0.1) is 0 Å². The zero-order valence-electron chi connectivity index (χ0n) is 19.9. The maximum atomic E-state index is 13.5. The Bertz CT molecular complexity index is 1150. The van der Waals surface area contributed by atoms with Crippen molar-refractivity contribution in [2.24, 2.45) is 0 Å². The molecular formula is C28H30ClFN2O3. The van der Waals surface area contributed by atoms with Crippen molar-refractivity contribution in [1.29, 1.82) is 0 Å². The van der Waals surface area contributed by atoms with E-state index in [2.05, 4.69) is 21.9 Å². The highest BCUT2D eigenvalue weighted by molar-refractivity contribution is 6.31. The zero-order chi connectivity index (χ0) is 24.2. The molecule has 1 atom stereocenters. The Balaban J connectivity index is 1.16. The quantitative estimate of drug-likeness (QED) is 0.391. The first-order valence-corrected chi connectivity index (χ1v) is 12.4. The molecule has 0 radical (unpaired) electrons. The van der Waals surface area contributed by atoms with Gasteiger partial charge in [-0.2, -0.15) is 0 Å². The molecule has 1 fully saturated rings. The Hall–Kier alpha value is -2.80. The van der Waals surface area contributed by atoms with E-state index in [1.165, 1.54) is 17.7 Å². The molecule has 0 bridgehead atoms. The molecule has 7 heteroatoms. The van der Waals surface area contributed by atoms with Crippen LogP contribution in [0.5, 0.6) is 17.2 Å². The highest BCUT2D eigenvalue weighted by Gasteiger charge is 2.21. The number of nitrogens with zero attached hydrogens (tertiary/aromatic N) is 2. The molecule has 3 aromatic rings. The molecule has 1 saturated heterocycles. The van der Waals surface area contributed by atoms with Gasteiger partial charge in [0.25, 0.3) is 0 Å². The third kappa shape index (κ3) is 6.07. The fraction of sp³-hybridized carbons (Fsp3) is 0.357. The van der Waals surface area contributed by atoms with E-state index in [0.717, 1.165) is 74.1 Å². The molecule has 0 saturated carbocycles. The van der Waals surface area contributed by atoms with Crippen LogP contribution in [0.3, 0.4) is 0 Å². The standard InChI is InChI=1S/C28H30ClFN2O3/c1-20-16-24(7-8-25(20)29)35-26(22-3-5-23(30)6-4-22)10-11-31-12-14-32(15-13-31)18-21-2-9-27-28(17-21)34-19-33-27/h2-9,16-17,26H,10-15,18-19H2,1H3. The number of halogens is 2. The number of ether oxygens (including phenoxy) is 3. The molecule has 0 N–H and O–H groups in total. The third-order valence-corrected chi connectivity index (χ3v) is 7.09. The lowest BCUT2D eigenvalue weighted by atomic mass is 10.1. The van der Waals surface area contributed by atoms with Crippen LogP contribution >= 0.6 is 11.6 Å². The number of rotatable bonds is 8. The van der Waals surface area contributed by atoms with Crippen molar-refractivity contribution < 1.29 is 18.6 Å². The molecule has 35 heavy (non-hydrogen) atoms. The van der Waals surface area contributed by atoms with Crippen molar-refractivity contribution in [1.82, 2.24) is 9.80 Å². The Morgan fingerprint density at radius 1 is 0.914 bits per heavy atom. The number of hydrogen-bond acceptors (Lipinski definition) is 5. The molecule has 184 valence electrons. The van der Waals surface area contributed by atoms with Gasteiger partial charge in [-0.3, -0.25) is 4.90 Å². The van der Waals surface area contributed by atoms with Crippen LogP contribution in [0.25, 0.3) is 0 Å². The first kappa shape index (κ1) is 23.9.